The molecular formula is C32H28F4N2O5S. The molecular weight excluding hydrogens is 600 g/mol. The van der Waals surface area contributed by atoms with E-state index in [2.05, 4.69) is 9.71 Å². The Hall–Kier alpha value is -4.45. The molecule has 0 unspecified atom stereocenters. The van der Waals surface area contributed by atoms with Gasteiger partial charge in [-0.3, -0.25) is 4.72 Å². The number of esters is 1. The second kappa shape index (κ2) is 11.6. The number of benzene rings is 3. The molecule has 0 bridgehead atoms. The third kappa shape index (κ3) is 6.85. The van der Waals surface area contributed by atoms with E-state index in [-0.39, 0.29) is 28.6 Å². The van der Waals surface area contributed by atoms with Crippen LogP contribution in [0.5, 0.6) is 5.75 Å². The molecule has 0 fully saturated rings. The first-order valence-electron chi connectivity index (χ1n) is 13.6. The van der Waals surface area contributed by atoms with E-state index in [1.807, 2.05) is 0 Å². The molecule has 1 aliphatic rings. The maximum Gasteiger partial charge on any atom is 0.416 e. The number of halogens is 4. The standard InChI is InChI=1S/C32H28F4N2O5S/c1-31(2,3)43-30(39)20-9-7-19(8-10-20)26-17-21(32(34,35)36)11-13-23(26)24-15-16-42-27-18-22(12-14-25(24)27)44(40,41)38-29-6-4-5-28(33)37-29/h4-14,17-18,24H,15-16H2,1-3H3,(H,37,38)/t24-/m1/s1. The summed E-state index contributed by atoms with van der Waals surface area (Å²) < 4.78 is 94.3. The highest BCUT2D eigenvalue weighted by Gasteiger charge is 2.33. The van der Waals surface area contributed by atoms with Crippen molar-refractivity contribution in [1.29, 1.82) is 0 Å². The summed E-state index contributed by atoms with van der Waals surface area (Å²) in [4.78, 5) is 15.9. The first kappa shape index (κ1) is 31.0. The highest BCUT2D eigenvalue weighted by Crippen LogP contribution is 2.44. The molecule has 1 N–H and O–H groups in total. The average molecular weight is 629 g/mol. The summed E-state index contributed by atoms with van der Waals surface area (Å²) in [5.74, 6) is -1.79. The van der Waals surface area contributed by atoms with Crippen molar-refractivity contribution in [1.82, 2.24) is 4.98 Å². The number of nitrogens with one attached hydrogen (secondary N) is 1. The average Bonchev–Trinajstić information content (AvgIpc) is 2.95. The second-order valence-corrected chi connectivity index (χ2v) is 12.9. The number of anilines is 1. The van der Waals surface area contributed by atoms with Crippen LogP contribution in [-0.4, -0.2) is 31.6 Å². The lowest BCUT2D eigenvalue weighted by Crippen LogP contribution is -2.23. The SMILES string of the molecule is CC(C)(C)OC(=O)c1ccc(-c2cc(C(F)(F)F)ccc2[C@H]2CCOc3cc(S(=O)(=O)Nc4cccc(F)n4)ccc32)cc1. The molecule has 0 amide bonds. The van der Waals surface area contributed by atoms with Gasteiger partial charge in [-0.1, -0.05) is 30.3 Å². The van der Waals surface area contributed by atoms with Crippen molar-refractivity contribution in [2.24, 2.45) is 0 Å². The van der Waals surface area contributed by atoms with Crippen LogP contribution in [0.25, 0.3) is 11.1 Å². The Morgan fingerprint density at radius 2 is 1.66 bits per heavy atom. The predicted octanol–water partition coefficient (Wildman–Crippen LogP) is 7.58. The number of sulfonamides is 1. The van der Waals surface area contributed by atoms with E-state index < -0.39 is 45.2 Å². The molecule has 0 saturated carbocycles. The first-order valence-corrected chi connectivity index (χ1v) is 15.1. The quantitative estimate of drug-likeness (QED) is 0.134. The summed E-state index contributed by atoms with van der Waals surface area (Å²) >= 11 is 0. The van der Waals surface area contributed by atoms with Gasteiger partial charge in [0.25, 0.3) is 10.0 Å². The van der Waals surface area contributed by atoms with Gasteiger partial charge in [0, 0.05) is 17.5 Å². The van der Waals surface area contributed by atoms with Gasteiger partial charge in [-0.2, -0.15) is 17.6 Å². The Morgan fingerprint density at radius 1 is 0.955 bits per heavy atom. The summed E-state index contributed by atoms with van der Waals surface area (Å²) in [7, 11) is -4.16. The van der Waals surface area contributed by atoms with Crippen LogP contribution in [0.4, 0.5) is 23.4 Å². The minimum atomic E-state index is -4.59. The number of carbonyl (C=O) groups is 1. The van der Waals surface area contributed by atoms with Crippen molar-refractivity contribution in [3.63, 3.8) is 0 Å². The van der Waals surface area contributed by atoms with Gasteiger partial charge in [-0.25, -0.2) is 18.2 Å². The third-order valence-corrected chi connectivity index (χ3v) is 8.23. The van der Waals surface area contributed by atoms with Crippen molar-refractivity contribution in [2.45, 2.75) is 49.8 Å². The van der Waals surface area contributed by atoms with E-state index in [9.17, 15) is 30.8 Å². The number of hydrogen-bond donors (Lipinski definition) is 1. The van der Waals surface area contributed by atoms with Gasteiger partial charge in [-0.15, -0.1) is 0 Å². The summed E-state index contributed by atoms with van der Waals surface area (Å²) in [6, 6.07) is 17.6. The van der Waals surface area contributed by atoms with Gasteiger partial charge < -0.3 is 9.47 Å². The van der Waals surface area contributed by atoms with E-state index in [1.165, 1.54) is 42.5 Å². The Bertz CT molecular complexity index is 1820. The Labute approximate surface area is 251 Å². The van der Waals surface area contributed by atoms with E-state index >= 15 is 0 Å². The molecule has 5 rings (SSSR count). The normalized spacial score (nSPS) is 15.2. The molecule has 3 aromatic carbocycles. The van der Waals surface area contributed by atoms with Crippen molar-refractivity contribution in [3.05, 3.63) is 107 Å². The molecule has 230 valence electrons. The van der Waals surface area contributed by atoms with E-state index in [1.54, 1.807) is 39.0 Å². The van der Waals surface area contributed by atoms with E-state index in [0.29, 0.717) is 28.7 Å². The van der Waals surface area contributed by atoms with E-state index in [0.717, 1.165) is 18.2 Å². The molecule has 0 aliphatic carbocycles. The van der Waals surface area contributed by atoms with Crippen LogP contribution in [-0.2, 0) is 20.9 Å². The number of rotatable bonds is 6. The number of nitrogens with zero attached hydrogens (tertiary/aromatic N) is 1. The summed E-state index contributed by atoms with van der Waals surface area (Å²) in [5, 5.41) is 0. The molecule has 44 heavy (non-hydrogen) atoms. The van der Waals surface area contributed by atoms with Gasteiger partial charge in [-0.05, 0) is 86.3 Å². The molecule has 1 aromatic heterocycles. The lowest BCUT2D eigenvalue weighted by Gasteiger charge is -2.29. The summed E-state index contributed by atoms with van der Waals surface area (Å²) in [5.41, 5.74) is 0.631. The van der Waals surface area contributed by atoms with Crippen molar-refractivity contribution in [2.75, 3.05) is 11.3 Å². The molecule has 2 heterocycles. The molecule has 7 nitrogen and oxygen atoms in total. The third-order valence-electron chi connectivity index (χ3n) is 6.88. The lowest BCUT2D eigenvalue weighted by molar-refractivity contribution is -0.137. The first-order chi connectivity index (χ1) is 20.6. The molecule has 4 aromatic rings. The number of alkyl halides is 3. The van der Waals surface area contributed by atoms with Gasteiger partial charge >= 0.3 is 12.1 Å². The fourth-order valence-electron chi connectivity index (χ4n) is 4.93. The van der Waals surface area contributed by atoms with Crippen LogP contribution >= 0.6 is 0 Å². The highest BCUT2D eigenvalue weighted by atomic mass is 32.2. The van der Waals surface area contributed by atoms with Crippen molar-refractivity contribution < 1.29 is 40.2 Å². The van der Waals surface area contributed by atoms with Gasteiger partial charge in [0.2, 0.25) is 5.95 Å². The number of ether oxygens (including phenoxy) is 2. The Kier molecular flexibility index (Phi) is 8.15. The molecule has 0 saturated heterocycles. The minimum Gasteiger partial charge on any atom is -0.493 e. The number of fused-ring (bicyclic) bond motifs is 1. The number of carbonyl (C=O) groups excluding carboxylic acids is 1. The molecule has 0 spiro atoms. The Balaban J connectivity index is 1.52. The predicted molar refractivity (Wildman–Crippen MR) is 155 cm³/mol. The smallest absolute Gasteiger partial charge is 0.416 e. The van der Waals surface area contributed by atoms with Gasteiger partial charge in [0.15, 0.2) is 0 Å². The number of hydrogen-bond acceptors (Lipinski definition) is 6. The summed E-state index contributed by atoms with van der Waals surface area (Å²) in [6.07, 6.45) is -4.18. The lowest BCUT2D eigenvalue weighted by atomic mass is 9.82. The molecule has 0 radical (unpaired) electrons. The van der Waals surface area contributed by atoms with Gasteiger partial charge in [0.1, 0.15) is 17.2 Å². The zero-order chi connectivity index (χ0) is 31.9. The van der Waals surface area contributed by atoms with Crippen LogP contribution in [0.1, 0.15) is 60.2 Å². The maximum atomic E-state index is 13.8. The zero-order valence-corrected chi connectivity index (χ0v) is 24.7. The van der Waals surface area contributed by atoms with Crippen LogP contribution in [0.2, 0.25) is 0 Å². The topological polar surface area (TPSA) is 94.6 Å². The van der Waals surface area contributed by atoms with E-state index in [4.69, 9.17) is 9.47 Å². The van der Waals surface area contributed by atoms with Crippen LogP contribution in [0.3, 0.4) is 0 Å². The highest BCUT2D eigenvalue weighted by molar-refractivity contribution is 7.92. The zero-order valence-electron chi connectivity index (χ0n) is 23.9. The maximum absolute atomic E-state index is 13.8. The number of pyridine rings is 1. The second-order valence-electron chi connectivity index (χ2n) is 11.2. The van der Waals surface area contributed by atoms with Crippen LogP contribution in [0.15, 0.2) is 83.8 Å². The Morgan fingerprint density at radius 3 is 2.32 bits per heavy atom. The van der Waals surface area contributed by atoms with Crippen molar-refractivity contribution >= 4 is 21.8 Å². The summed E-state index contributed by atoms with van der Waals surface area (Å²) in [6.45, 7) is 5.38. The van der Waals surface area contributed by atoms with Crippen LogP contribution in [0, 0.1) is 5.95 Å². The fraction of sp³-hybridized carbons (Fsp3) is 0.250. The minimum absolute atomic E-state index is 0.159. The van der Waals surface area contributed by atoms with Crippen molar-refractivity contribution in [3.8, 4) is 16.9 Å². The monoisotopic (exact) mass is 628 g/mol. The molecule has 12 heteroatoms. The molecule has 1 aliphatic heterocycles. The fourth-order valence-corrected chi connectivity index (χ4v) is 5.95. The number of aromatic nitrogens is 1. The largest absolute Gasteiger partial charge is 0.493 e. The van der Waals surface area contributed by atoms with Crippen LogP contribution < -0.4 is 9.46 Å². The molecule has 1 atom stereocenters. The van der Waals surface area contributed by atoms with Gasteiger partial charge in [0.05, 0.1) is 22.6 Å².